The van der Waals surface area contributed by atoms with Gasteiger partial charge in [-0.15, -0.1) is 0 Å². The van der Waals surface area contributed by atoms with Gasteiger partial charge in [0.15, 0.2) is 0 Å². The maximum Gasteiger partial charge on any atom is 0.137 e. The summed E-state index contributed by atoms with van der Waals surface area (Å²) >= 11 is 0. The van der Waals surface area contributed by atoms with Crippen molar-refractivity contribution in [2.45, 2.75) is 37.9 Å². The molecule has 1 saturated carbocycles. The molecule has 2 atom stereocenters. The Hall–Kier alpha value is -1.62. The van der Waals surface area contributed by atoms with E-state index in [1.54, 1.807) is 19.2 Å². The van der Waals surface area contributed by atoms with Gasteiger partial charge in [0.25, 0.3) is 0 Å². The first kappa shape index (κ1) is 13.8. The van der Waals surface area contributed by atoms with Crippen LogP contribution >= 0.6 is 0 Å². The van der Waals surface area contributed by atoms with E-state index < -0.39 is 5.82 Å². The third-order valence-corrected chi connectivity index (χ3v) is 3.45. The number of amidine groups is 1. The van der Waals surface area contributed by atoms with E-state index >= 15 is 0 Å². The van der Waals surface area contributed by atoms with E-state index in [9.17, 15) is 4.39 Å². The Balaban J connectivity index is 2.14. The molecule has 1 fully saturated rings. The molecule has 3 N–H and O–H groups in total. The number of halogens is 1. The molecule has 0 saturated heterocycles. The van der Waals surface area contributed by atoms with Gasteiger partial charge in [-0.1, -0.05) is 6.07 Å². The molecule has 0 radical (unpaired) electrons. The number of nitrogens with one attached hydrogen (secondary N) is 1. The maximum absolute atomic E-state index is 13.7. The van der Waals surface area contributed by atoms with Crippen LogP contribution in [0, 0.1) is 11.2 Å². The minimum atomic E-state index is -0.524. The molecule has 0 aromatic heterocycles. The lowest BCUT2D eigenvalue weighted by atomic mass is 9.95. The molecule has 1 aromatic rings. The van der Waals surface area contributed by atoms with Crippen molar-refractivity contribution in [3.8, 4) is 5.75 Å². The highest BCUT2D eigenvalue weighted by atomic mass is 19.1. The molecular weight excluding hydrogens is 247 g/mol. The van der Waals surface area contributed by atoms with Crippen LogP contribution in [0.15, 0.2) is 18.2 Å². The lowest BCUT2D eigenvalue weighted by Crippen LogP contribution is -2.30. The Labute approximate surface area is 112 Å². The molecule has 0 amide bonds. The van der Waals surface area contributed by atoms with Crippen molar-refractivity contribution in [2.75, 3.05) is 7.11 Å². The SMILES string of the molecule is COC1CCCC(Oc2cccc(F)c2C(=N)N)C1. The number of ether oxygens (including phenoxy) is 2. The molecule has 1 aromatic carbocycles. The normalized spacial score (nSPS) is 23.1. The number of nitrogen functional groups attached to an aromatic ring is 1. The number of rotatable bonds is 4. The number of methoxy groups -OCH3 is 1. The summed E-state index contributed by atoms with van der Waals surface area (Å²) in [6.07, 6.45) is 3.91. The summed E-state index contributed by atoms with van der Waals surface area (Å²) in [5.41, 5.74) is 5.46. The Bertz CT molecular complexity index is 465. The lowest BCUT2D eigenvalue weighted by Gasteiger charge is -2.29. The second-order valence-corrected chi connectivity index (χ2v) is 4.79. The molecule has 5 heteroatoms. The number of benzene rings is 1. The zero-order chi connectivity index (χ0) is 13.8. The molecule has 104 valence electrons. The summed E-state index contributed by atoms with van der Waals surface area (Å²) in [5, 5.41) is 7.44. The lowest BCUT2D eigenvalue weighted by molar-refractivity contribution is 0.0208. The Morgan fingerprint density at radius 2 is 2.11 bits per heavy atom. The highest BCUT2D eigenvalue weighted by molar-refractivity contribution is 5.97. The van der Waals surface area contributed by atoms with Crippen LogP contribution in [-0.4, -0.2) is 25.2 Å². The summed E-state index contributed by atoms with van der Waals surface area (Å²) in [5.74, 6) is -0.495. The first-order valence-corrected chi connectivity index (χ1v) is 6.44. The molecule has 0 spiro atoms. The predicted molar refractivity (Wildman–Crippen MR) is 71.1 cm³/mol. The average Bonchev–Trinajstić information content (AvgIpc) is 2.38. The first-order chi connectivity index (χ1) is 9.11. The topological polar surface area (TPSA) is 68.3 Å². The second-order valence-electron chi connectivity index (χ2n) is 4.79. The number of hydrogen-bond donors (Lipinski definition) is 2. The third-order valence-electron chi connectivity index (χ3n) is 3.45. The molecule has 1 aliphatic rings. The molecule has 4 nitrogen and oxygen atoms in total. The highest BCUT2D eigenvalue weighted by Gasteiger charge is 2.24. The molecule has 2 unspecified atom stereocenters. The van der Waals surface area contributed by atoms with Crippen LogP contribution in [0.1, 0.15) is 31.2 Å². The molecular formula is C14H19FN2O2. The zero-order valence-electron chi connectivity index (χ0n) is 11.0. The van der Waals surface area contributed by atoms with Crippen molar-refractivity contribution in [1.82, 2.24) is 0 Å². The van der Waals surface area contributed by atoms with Gasteiger partial charge in [0.05, 0.1) is 11.7 Å². The van der Waals surface area contributed by atoms with Crippen molar-refractivity contribution < 1.29 is 13.9 Å². The van der Waals surface area contributed by atoms with Gasteiger partial charge in [0.2, 0.25) is 0 Å². The van der Waals surface area contributed by atoms with Gasteiger partial charge in [0.1, 0.15) is 23.5 Å². The van der Waals surface area contributed by atoms with Crippen molar-refractivity contribution in [3.63, 3.8) is 0 Å². The van der Waals surface area contributed by atoms with Crippen LogP contribution in [0.3, 0.4) is 0 Å². The van der Waals surface area contributed by atoms with Gasteiger partial charge in [-0.2, -0.15) is 0 Å². The molecule has 1 aliphatic carbocycles. The standard InChI is InChI=1S/C14H19FN2O2/c1-18-9-4-2-5-10(8-9)19-12-7-3-6-11(15)13(12)14(16)17/h3,6-7,9-10H,2,4-5,8H2,1H3,(H3,16,17). The van der Waals surface area contributed by atoms with Gasteiger partial charge in [-0.05, 0) is 31.4 Å². The van der Waals surface area contributed by atoms with Gasteiger partial charge < -0.3 is 15.2 Å². The van der Waals surface area contributed by atoms with Crippen LogP contribution in [-0.2, 0) is 4.74 Å². The molecule has 2 rings (SSSR count). The van der Waals surface area contributed by atoms with E-state index in [2.05, 4.69) is 0 Å². The molecule has 0 heterocycles. The fraction of sp³-hybridized carbons (Fsp3) is 0.500. The van der Waals surface area contributed by atoms with E-state index in [1.807, 2.05) is 0 Å². The van der Waals surface area contributed by atoms with Gasteiger partial charge in [-0.25, -0.2) is 4.39 Å². The predicted octanol–water partition coefficient (Wildman–Crippen LogP) is 2.45. The van der Waals surface area contributed by atoms with Gasteiger partial charge in [0, 0.05) is 13.5 Å². The second kappa shape index (κ2) is 6.02. The Morgan fingerprint density at radius 3 is 2.79 bits per heavy atom. The fourth-order valence-electron chi connectivity index (χ4n) is 2.47. The summed E-state index contributed by atoms with van der Waals surface area (Å²) in [6, 6.07) is 4.49. The fourth-order valence-corrected chi connectivity index (χ4v) is 2.47. The minimum Gasteiger partial charge on any atom is -0.489 e. The van der Waals surface area contributed by atoms with Gasteiger partial charge >= 0.3 is 0 Å². The summed E-state index contributed by atoms with van der Waals surface area (Å²) in [7, 11) is 1.69. The molecule has 0 aliphatic heterocycles. The van der Waals surface area contributed by atoms with Crippen molar-refractivity contribution in [1.29, 1.82) is 5.41 Å². The van der Waals surface area contributed by atoms with E-state index in [-0.39, 0.29) is 23.6 Å². The van der Waals surface area contributed by atoms with Crippen LogP contribution in [0.2, 0.25) is 0 Å². The zero-order valence-corrected chi connectivity index (χ0v) is 11.0. The van der Waals surface area contributed by atoms with Gasteiger partial charge in [-0.3, -0.25) is 5.41 Å². The van der Waals surface area contributed by atoms with E-state index in [4.69, 9.17) is 20.6 Å². The summed E-state index contributed by atoms with van der Waals surface area (Å²) < 4.78 is 24.8. The highest BCUT2D eigenvalue weighted by Crippen LogP contribution is 2.28. The largest absolute Gasteiger partial charge is 0.489 e. The summed E-state index contributed by atoms with van der Waals surface area (Å²) in [4.78, 5) is 0. The number of nitrogens with two attached hydrogens (primary N) is 1. The average molecular weight is 266 g/mol. The van der Waals surface area contributed by atoms with Crippen LogP contribution in [0.5, 0.6) is 5.75 Å². The minimum absolute atomic E-state index is 0.0152. The van der Waals surface area contributed by atoms with E-state index in [1.165, 1.54) is 6.07 Å². The van der Waals surface area contributed by atoms with Crippen LogP contribution in [0.4, 0.5) is 4.39 Å². The third kappa shape index (κ3) is 3.23. The molecule has 19 heavy (non-hydrogen) atoms. The van der Waals surface area contributed by atoms with Crippen molar-refractivity contribution in [3.05, 3.63) is 29.6 Å². The van der Waals surface area contributed by atoms with Crippen LogP contribution < -0.4 is 10.5 Å². The van der Waals surface area contributed by atoms with Crippen LogP contribution in [0.25, 0.3) is 0 Å². The van der Waals surface area contributed by atoms with Crippen molar-refractivity contribution >= 4 is 5.84 Å². The Morgan fingerprint density at radius 1 is 1.37 bits per heavy atom. The van der Waals surface area contributed by atoms with E-state index in [0.717, 1.165) is 25.7 Å². The smallest absolute Gasteiger partial charge is 0.137 e. The molecule has 0 bridgehead atoms. The first-order valence-electron chi connectivity index (χ1n) is 6.44. The number of hydrogen-bond acceptors (Lipinski definition) is 3. The maximum atomic E-state index is 13.7. The quantitative estimate of drug-likeness (QED) is 0.649. The van der Waals surface area contributed by atoms with E-state index in [0.29, 0.717) is 5.75 Å². The summed E-state index contributed by atoms with van der Waals surface area (Å²) in [6.45, 7) is 0. The Kier molecular flexibility index (Phi) is 4.37. The monoisotopic (exact) mass is 266 g/mol. The van der Waals surface area contributed by atoms with Crippen molar-refractivity contribution in [2.24, 2.45) is 5.73 Å².